The third kappa shape index (κ3) is 12.6. The first kappa shape index (κ1) is 75.1. The minimum absolute atomic E-state index is 0. The number of amides is 3. The largest absolute Gasteiger partial charge is 1.00 e. The van der Waals surface area contributed by atoms with Crippen molar-refractivity contribution in [3.05, 3.63) is 11.9 Å². The Morgan fingerprint density at radius 2 is 0.910 bits per heavy atom. The number of carbonyl (C=O) groups is 4. The van der Waals surface area contributed by atoms with E-state index in [4.69, 9.17) is 0 Å². The maximum absolute atomic E-state index is 14.4. The molecule has 12 aliphatic carbocycles. The topological polar surface area (TPSA) is 312 Å². The fourth-order valence-corrected chi connectivity index (χ4v) is 28.8. The van der Waals surface area contributed by atoms with Gasteiger partial charge in [-0.25, -0.2) is 4.68 Å². The summed E-state index contributed by atoms with van der Waals surface area (Å²) in [5, 5.41) is 117. The molecule has 26 bridgehead atoms. The van der Waals surface area contributed by atoms with E-state index in [1.165, 1.54) is 0 Å². The maximum atomic E-state index is 14.4. The number of aliphatic imine (C=N–C) groups is 1. The number of hydrogen-bond acceptors (Lipinski definition) is 14. The van der Waals surface area contributed by atoms with Crippen LogP contribution in [0.3, 0.4) is 0 Å². The Morgan fingerprint density at radius 1 is 0.510 bits per heavy atom. The number of fused-ring (bicyclic) bond motifs is 1. The van der Waals surface area contributed by atoms with Gasteiger partial charge in [0.2, 0.25) is 17.7 Å². The van der Waals surface area contributed by atoms with Gasteiger partial charge in [0, 0.05) is 31.3 Å². The predicted octanol–water partition coefficient (Wildman–Crippen LogP) is 6.47. The molecular weight excluding hydrogens is 1260 g/mol. The summed E-state index contributed by atoms with van der Waals surface area (Å²) in [6, 6.07) is -1.16. The van der Waals surface area contributed by atoms with Crippen LogP contribution in [0.5, 0.6) is 0 Å². The monoisotopic (exact) mass is 1380 g/mol. The summed E-state index contributed by atoms with van der Waals surface area (Å²) >= 11 is 0. The van der Waals surface area contributed by atoms with Gasteiger partial charge in [0.05, 0.1) is 55.4 Å². The number of nitrogens with zero attached hydrogens (tertiary/aromatic N) is 4. The zero-order valence-corrected chi connectivity index (χ0v) is 62.4. The van der Waals surface area contributed by atoms with E-state index in [0.29, 0.717) is 89.2 Å². The zero-order valence-electron chi connectivity index (χ0n) is 62.4. The number of aliphatic carboxylic acids is 1. The third-order valence-electron chi connectivity index (χ3n) is 34.4. The summed E-state index contributed by atoms with van der Waals surface area (Å²) in [5.41, 5.74) is -0.925. The van der Waals surface area contributed by atoms with Gasteiger partial charge in [-0.2, -0.15) is 0 Å². The number of rotatable bonds is 3. The van der Waals surface area contributed by atoms with Gasteiger partial charge in [0.25, 0.3) is 0 Å². The number of aliphatic hydroxyl groups excluding tert-OH is 6. The minimum atomic E-state index is -1.05. The molecule has 12 saturated carbocycles. The first-order valence-electron chi connectivity index (χ1n) is 40.2. The van der Waals surface area contributed by atoms with Gasteiger partial charge in [-0.1, -0.05) is 67.5 Å². The van der Waals surface area contributed by atoms with Crippen molar-refractivity contribution in [3.63, 3.8) is 0 Å². The fraction of sp³-hybridized carbons (Fsp3) is 0.912. The number of nitrogens with one attached hydrogen (secondary N) is 3. The number of carboxylic acids is 1. The van der Waals surface area contributed by atoms with Gasteiger partial charge in [-0.3, -0.25) is 24.2 Å². The second-order valence-corrected chi connectivity index (χ2v) is 38.2. The molecular formula is C80H126LiN7O12. The van der Waals surface area contributed by atoms with Crippen LogP contribution in [0.4, 0.5) is 0 Å². The molecule has 3 amide bonds. The Morgan fingerprint density at radius 3 is 1.36 bits per heavy atom. The quantitative estimate of drug-likeness (QED) is 0.145. The van der Waals surface area contributed by atoms with Crippen molar-refractivity contribution < 1.29 is 78.9 Å². The number of carbonyl (C=O) groups excluding carboxylic acids is 3. The van der Waals surface area contributed by atoms with E-state index in [2.05, 4.69) is 93.6 Å². The molecule has 100 heavy (non-hydrogen) atoms. The number of aliphatic hydroxyl groups is 6. The van der Waals surface area contributed by atoms with Crippen molar-refractivity contribution in [1.29, 1.82) is 0 Å². The molecule has 0 unspecified atom stereocenters. The normalized spacial score (nSPS) is 52.1. The van der Waals surface area contributed by atoms with Crippen LogP contribution in [0.15, 0.2) is 11.2 Å². The van der Waals surface area contributed by atoms with E-state index >= 15 is 0 Å². The predicted molar refractivity (Wildman–Crippen MR) is 372 cm³/mol. The van der Waals surface area contributed by atoms with Crippen LogP contribution >= 0.6 is 0 Å². The van der Waals surface area contributed by atoms with Crippen molar-refractivity contribution in [2.24, 2.45) is 144 Å². The van der Waals surface area contributed by atoms with Crippen LogP contribution in [-0.2, 0) is 25.7 Å². The Balaban J connectivity index is 0.00000896. The molecule has 34 atom stereocenters. The molecule has 554 valence electrons. The number of carboxylic acid groups (broad SMARTS) is 1. The third-order valence-corrected chi connectivity index (χ3v) is 34.4. The van der Waals surface area contributed by atoms with Gasteiger partial charge >= 0.3 is 24.8 Å². The van der Waals surface area contributed by atoms with Crippen molar-refractivity contribution in [1.82, 2.24) is 30.9 Å². The van der Waals surface area contributed by atoms with E-state index in [0.717, 1.165) is 83.5 Å². The van der Waals surface area contributed by atoms with Crippen LogP contribution in [0.25, 0.3) is 0 Å². The molecule has 12 fully saturated rings. The van der Waals surface area contributed by atoms with Crippen molar-refractivity contribution in [2.45, 2.75) is 316 Å². The Bertz CT molecular complexity index is 3190. The van der Waals surface area contributed by atoms with E-state index < -0.39 is 65.4 Å². The van der Waals surface area contributed by atoms with Crippen LogP contribution in [0, 0.1) is 139 Å². The van der Waals surface area contributed by atoms with Crippen LogP contribution in [0.1, 0.15) is 260 Å². The molecule has 1 aromatic heterocycles. The molecule has 0 saturated heterocycles. The second-order valence-electron chi connectivity index (χ2n) is 38.2. The molecule has 0 spiro atoms. The van der Waals surface area contributed by atoms with Crippen molar-refractivity contribution >= 4 is 29.6 Å². The number of hydrogen-bond donors (Lipinski definition) is 10. The van der Waals surface area contributed by atoms with E-state index in [-0.39, 0.29) is 209 Å². The SMILES string of the molecule is C[C@@H]1CCC(=O)N[C@@H]2CC[C@@]3(C)[C@@H](C2)C[C@@H](O)[C@@H]2[C@@H]3C[C@H](O)[C@]3(C)[C@H](CC[C@@H]23)[C@H](C)CCC([O-])=NCc2cn(nn2)[C@@H]2CC[C@@]3(C)[C@@H](C2)C[C@@H](O)[C@@H]2[C@@H]3C[C@H](O)[C@]3(C)[C@H](CC[C@@H]23)[C@H](C)CCC(=O)N[C@@H](CCC(=O)O)C(=O)N[C@@H]2CC[C@]3(C)[C@@H](C2)C[C@@H](O)[C@@H]2[C@H]3C[C@H](O)[C@]3(C)[C@@H]1CC[C@@H]23.[Li+]. The number of aromatic nitrogens is 3. The summed E-state index contributed by atoms with van der Waals surface area (Å²) in [6.07, 6.45) is 17.9. The Kier molecular flexibility index (Phi) is 21.2. The molecule has 0 aromatic carbocycles. The smallest absolute Gasteiger partial charge is 0.862 e. The fourth-order valence-electron chi connectivity index (χ4n) is 28.8. The molecule has 24 aliphatic rings. The molecule has 0 radical (unpaired) electrons. The van der Waals surface area contributed by atoms with Crippen LogP contribution < -0.4 is 39.9 Å². The first-order chi connectivity index (χ1) is 46.9. The summed E-state index contributed by atoms with van der Waals surface area (Å²) in [6.45, 7) is 20.8. The van der Waals surface area contributed by atoms with Gasteiger partial charge < -0.3 is 56.8 Å². The Hall–Kier alpha value is -3.15. The summed E-state index contributed by atoms with van der Waals surface area (Å²) in [7, 11) is 0. The standard InChI is InChI=1S/C80H127N7O12.Li/c1-41-10-20-67(94)81-39-49-40-87(86-85-49)50-26-29-77(6)46(32-50)35-63(90)73-56-18-15-53(80(56,9)66(93)38-59(73)77)43(3)12-22-69(96)84-60(19-23-70(97)98)74(99)83-48-25-28-76(5)45(31-48)34-62(89)72-55-17-14-52(79(55,8)65(92)37-58(72)76)42(2)11-21-68(95)82-47-24-27-75(4)44(30-47)33-61(88)71-54-16-13-51(41)78(54,7)64(91)36-57(71)75;/h40-48,50-66,71-73,88-93H,10-39H2,1-9H3,(H,81,94)(H,82,95)(H,83,99)(H,84,96)(H,97,98);/q;+1/p-1/t41-,42-,43-,44+,45+,46+,47-,48-,50-,51-,52-,53-,54+,55+,56+,57+,58-,59+,60+,61-,62-,63-,64+,65+,66+,71+,72+,73+,75+,76-,77+,78-,79-,80-;/m1./s1. The molecule has 13 heterocycles. The molecule has 20 heteroatoms. The molecule has 10 N–H and O–H groups in total. The zero-order chi connectivity index (χ0) is 70.4. The van der Waals surface area contributed by atoms with Gasteiger partial charge in [-0.05, 0) is 312 Å². The van der Waals surface area contributed by atoms with Gasteiger partial charge in [-0.15, -0.1) is 5.10 Å². The summed E-state index contributed by atoms with van der Waals surface area (Å²) in [4.78, 5) is 59.1. The van der Waals surface area contributed by atoms with Gasteiger partial charge in [0.15, 0.2) is 0 Å². The maximum Gasteiger partial charge on any atom is 1.00 e. The van der Waals surface area contributed by atoms with Crippen molar-refractivity contribution in [2.75, 3.05) is 0 Å². The summed E-state index contributed by atoms with van der Waals surface area (Å²) in [5.74, 6) is 0.611. The second kappa shape index (κ2) is 28.2. The molecule has 12 aliphatic heterocycles. The van der Waals surface area contributed by atoms with E-state index in [9.17, 15) is 60.0 Å². The Labute approximate surface area is 607 Å². The van der Waals surface area contributed by atoms with Gasteiger partial charge in [0.1, 0.15) is 11.7 Å². The average Bonchev–Trinajstić information content (AvgIpc) is 1.44. The van der Waals surface area contributed by atoms with E-state index in [1.54, 1.807) is 0 Å². The molecule has 25 rings (SSSR count). The van der Waals surface area contributed by atoms with Crippen molar-refractivity contribution in [3.8, 4) is 0 Å². The first-order valence-corrected chi connectivity index (χ1v) is 40.2. The van der Waals surface area contributed by atoms with Crippen LogP contribution in [-0.4, -0.2) is 135 Å². The molecule has 19 nitrogen and oxygen atoms in total. The average molecular weight is 1380 g/mol. The van der Waals surface area contributed by atoms with E-state index in [1.807, 2.05) is 10.9 Å². The summed E-state index contributed by atoms with van der Waals surface area (Å²) < 4.78 is 1.95. The molecule has 1 aromatic rings. The van der Waals surface area contributed by atoms with Crippen LogP contribution in [0.2, 0.25) is 0 Å². The minimum Gasteiger partial charge on any atom is -0.862 e.